The maximum Gasteiger partial charge on any atom is 0.227 e. The molecule has 3 amide bonds. The number of carbonyl (C=O) groups excluding carboxylic acids is 3. The Hall–Kier alpha value is -2.37. The monoisotopic (exact) mass is 551 g/mol. The van der Waals surface area contributed by atoms with E-state index >= 15 is 0 Å². The molecule has 0 heterocycles. The lowest BCUT2D eigenvalue weighted by atomic mass is 9.76. The molecule has 0 bridgehead atoms. The standard InChI is InChI=1S/C34H53N3O3/c1-24(2)25-17-19-28(20-18-25)34(40)37-31-22-29(35-32(38)26-13-9-5-3-6-10-14-26)21-30(23-31)36-33(39)27-15-11-7-4-8-12-16-27/h21-28H,3-20H2,1-2H3,(H,35,38)(H,36,39)(H,37,40). The van der Waals surface area contributed by atoms with Gasteiger partial charge in [-0.1, -0.05) is 78.1 Å². The van der Waals surface area contributed by atoms with Crippen molar-refractivity contribution >= 4 is 34.8 Å². The molecule has 3 N–H and O–H groups in total. The first kappa shape index (κ1) is 30.6. The molecule has 1 aromatic carbocycles. The first-order chi connectivity index (χ1) is 19.4. The molecular weight excluding hydrogens is 498 g/mol. The third-order valence-electron chi connectivity index (χ3n) is 9.77. The van der Waals surface area contributed by atoms with Gasteiger partial charge in [-0.25, -0.2) is 0 Å². The van der Waals surface area contributed by atoms with Gasteiger partial charge in [0.1, 0.15) is 0 Å². The van der Waals surface area contributed by atoms with Crippen molar-refractivity contribution in [2.75, 3.05) is 16.0 Å². The van der Waals surface area contributed by atoms with E-state index < -0.39 is 0 Å². The van der Waals surface area contributed by atoms with E-state index in [1.807, 2.05) is 18.2 Å². The molecule has 1 aromatic rings. The molecule has 0 unspecified atom stereocenters. The third-order valence-corrected chi connectivity index (χ3v) is 9.77. The lowest BCUT2D eigenvalue weighted by Gasteiger charge is -2.30. The number of hydrogen-bond acceptors (Lipinski definition) is 3. The zero-order valence-corrected chi connectivity index (χ0v) is 25.1. The van der Waals surface area contributed by atoms with Crippen molar-refractivity contribution in [1.82, 2.24) is 0 Å². The molecule has 40 heavy (non-hydrogen) atoms. The summed E-state index contributed by atoms with van der Waals surface area (Å²) in [5.74, 6) is 1.55. The predicted octanol–water partition coefficient (Wildman–Crippen LogP) is 8.69. The van der Waals surface area contributed by atoms with E-state index in [1.165, 1.54) is 38.5 Å². The first-order valence-electron chi connectivity index (χ1n) is 16.5. The van der Waals surface area contributed by atoms with Crippen LogP contribution in [0.5, 0.6) is 0 Å². The van der Waals surface area contributed by atoms with Gasteiger partial charge in [-0.3, -0.25) is 14.4 Å². The van der Waals surface area contributed by atoms with E-state index in [-0.39, 0.29) is 35.5 Å². The molecule has 0 spiro atoms. The molecule has 4 rings (SSSR count). The van der Waals surface area contributed by atoms with E-state index in [0.29, 0.717) is 28.9 Å². The second-order valence-electron chi connectivity index (χ2n) is 13.2. The third kappa shape index (κ3) is 9.34. The van der Waals surface area contributed by atoms with Crippen LogP contribution in [0.1, 0.15) is 129 Å². The predicted molar refractivity (Wildman–Crippen MR) is 164 cm³/mol. The van der Waals surface area contributed by atoms with Gasteiger partial charge in [-0.05, 0) is 81.4 Å². The number of benzene rings is 1. The van der Waals surface area contributed by atoms with Gasteiger partial charge in [0.25, 0.3) is 0 Å². The molecule has 0 saturated heterocycles. The Morgan fingerprint density at radius 1 is 0.500 bits per heavy atom. The number of rotatable bonds is 7. The fourth-order valence-electron chi connectivity index (χ4n) is 7.06. The smallest absolute Gasteiger partial charge is 0.227 e. The van der Waals surface area contributed by atoms with Crippen LogP contribution in [-0.2, 0) is 14.4 Å². The number of carbonyl (C=O) groups is 3. The van der Waals surface area contributed by atoms with Crippen LogP contribution in [0, 0.1) is 29.6 Å². The zero-order valence-electron chi connectivity index (χ0n) is 25.1. The molecule has 0 atom stereocenters. The van der Waals surface area contributed by atoms with Crippen molar-refractivity contribution in [3.05, 3.63) is 18.2 Å². The van der Waals surface area contributed by atoms with E-state index in [4.69, 9.17) is 0 Å². The second kappa shape index (κ2) is 15.6. The normalized spacial score (nSPS) is 23.8. The maximum absolute atomic E-state index is 13.3. The van der Waals surface area contributed by atoms with Crippen molar-refractivity contribution in [3.63, 3.8) is 0 Å². The maximum atomic E-state index is 13.3. The van der Waals surface area contributed by atoms with E-state index in [0.717, 1.165) is 77.0 Å². The first-order valence-corrected chi connectivity index (χ1v) is 16.5. The van der Waals surface area contributed by atoms with Gasteiger partial charge in [0, 0.05) is 34.8 Å². The number of nitrogens with one attached hydrogen (secondary N) is 3. The molecule has 6 heteroatoms. The highest BCUT2D eigenvalue weighted by Crippen LogP contribution is 2.35. The largest absolute Gasteiger partial charge is 0.326 e. The summed E-state index contributed by atoms with van der Waals surface area (Å²) < 4.78 is 0. The van der Waals surface area contributed by atoms with E-state index in [1.54, 1.807) is 0 Å². The minimum Gasteiger partial charge on any atom is -0.326 e. The fourth-order valence-corrected chi connectivity index (χ4v) is 7.06. The summed E-state index contributed by atoms with van der Waals surface area (Å²) in [6, 6.07) is 5.55. The summed E-state index contributed by atoms with van der Waals surface area (Å²) in [4.78, 5) is 39.8. The van der Waals surface area contributed by atoms with Gasteiger partial charge in [0.15, 0.2) is 0 Å². The van der Waals surface area contributed by atoms with E-state index in [9.17, 15) is 14.4 Å². The van der Waals surface area contributed by atoms with Crippen molar-refractivity contribution in [2.24, 2.45) is 29.6 Å². The molecule has 0 aromatic heterocycles. The van der Waals surface area contributed by atoms with Crippen LogP contribution < -0.4 is 16.0 Å². The van der Waals surface area contributed by atoms with Crippen molar-refractivity contribution < 1.29 is 14.4 Å². The minimum atomic E-state index is 0.0103. The number of amides is 3. The van der Waals surface area contributed by atoms with Gasteiger partial charge < -0.3 is 16.0 Å². The summed E-state index contributed by atoms with van der Waals surface area (Å²) >= 11 is 0. The highest BCUT2D eigenvalue weighted by Gasteiger charge is 2.28. The SMILES string of the molecule is CC(C)C1CCC(C(=O)Nc2cc(NC(=O)C3CCCCCCC3)cc(NC(=O)C3CCCCCCC3)c2)CC1. The lowest BCUT2D eigenvalue weighted by molar-refractivity contribution is -0.121. The average molecular weight is 552 g/mol. The van der Waals surface area contributed by atoms with Gasteiger partial charge in [0.2, 0.25) is 17.7 Å². The summed E-state index contributed by atoms with van der Waals surface area (Å²) in [7, 11) is 0. The Morgan fingerprint density at radius 3 is 1.12 bits per heavy atom. The van der Waals surface area contributed by atoms with E-state index in [2.05, 4.69) is 29.8 Å². The van der Waals surface area contributed by atoms with Crippen LogP contribution in [0.4, 0.5) is 17.1 Å². The quantitative estimate of drug-likeness (QED) is 0.317. The van der Waals surface area contributed by atoms with Gasteiger partial charge in [0.05, 0.1) is 0 Å². The summed E-state index contributed by atoms with van der Waals surface area (Å²) in [5.41, 5.74) is 1.92. The Labute approximate surface area is 242 Å². The molecule has 222 valence electrons. The van der Waals surface area contributed by atoms with Crippen molar-refractivity contribution in [1.29, 1.82) is 0 Å². The number of anilines is 3. The fraction of sp³-hybridized carbons (Fsp3) is 0.735. The van der Waals surface area contributed by atoms with Crippen LogP contribution in [0.3, 0.4) is 0 Å². The van der Waals surface area contributed by atoms with Crippen LogP contribution >= 0.6 is 0 Å². The molecule has 0 radical (unpaired) electrons. The zero-order chi connectivity index (χ0) is 28.3. The second-order valence-corrected chi connectivity index (χ2v) is 13.2. The summed E-state index contributed by atoms with van der Waals surface area (Å²) in [6.07, 6.45) is 19.4. The molecule has 3 saturated carbocycles. The number of hydrogen-bond donors (Lipinski definition) is 3. The average Bonchev–Trinajstić information content (AvgIpc) is 2.88. The molecular formula is C34H53N3O3. The Bertz CT molecular complexity index is 912. The highest BCUT2D eigenvalue weighted by atomic mass is 16.2. The van der Waals surface area contributed by atoms with Crippen LogP contribution in [0.2, 0.25) is 0 Å². The molecule has 3 fully saturated rings. The van der Waals surface area contributed by atoms with Crippen molar-refractivity contribution in [2.45, 2.75) is 129 Å². The van der Waals surface area contributed by atoms with Crippen LogP contribution in [0.25, 0.3) is 0 Å². The Kier molecular flexibility index (Phi) is 11.9. The molecule has 0 aliphatic heterocycles. The Morgan fingerprint density at radius 2 is 0.800 bits per heavy atom. The van der Waals surface area contributed by atoms with Gasteiger partial charge in [-0.15, -0.1) is 0 Å². The molecule has 3 aliphatic rings. The van der Waals surface area contributed by atoms with Gasteiger partial charge >= 0.3 is 0 Å². The summed E-state index contributed by atoms with van der Waals surface area (Å²) in [5, 5.41) is 9.42. The highest BCUT2D eigenvalue weighted by molar-refractivity contribution is 5.99. The minimum absolute atomic E-state index is 0.0103. The summed E-state index contributed by atoms with van der Waals surface area (Å²) in [6.45, 7) is 4.54. The Balaban J connectivity index is 1.47. The molecule has 3 aliphatic carbocycles. The van der Waals surface area contributed by atoms with Crippen molar-refractivity contribution in [3.8, 4) is 0 Å². The van der Waals surface area contributed by atoms with Crippen LogP contribution in [-0.4, -0.2) is 17.7 Å². The lowest BCUT2D eigenvalue weighted by Crippen LogP contribution is -2.29. The van der Waals surface area contributed by atoms with Gasteiger partial charge in [-0.2, -0.15) is 0 Å². The topological polar surface area (TPSA) is 87.3 Å². The molecule has 6 nitrogen and oxygen atoms in total. The van der Waals surface area contributed by atoms with Crippen LogP contribution in [0.15, 0.2) is 18.2 Å².